The van der Waals surface area contributed by atoms with Crippen LogP contribution in [0, 0.1) is 0 Å². The molecule has 0 aliphatic heterocycles. The van der Waals surface area contributed by atoms with Gasteiger partial charge in [0.15, 0.2) is 0 Å². The summed E-state index contributed by atoms with van der Waals surface area (Å²) >= 11 is 0. The first-order valence-electron chi connectivity index (χ1n) is 7.50. The quantitative estimate of drug-likeness (QED) is 0.782. The van der Waals surface area contributed by atoms with Crippen molar-refractivity contribution in [2.45, 2.75) is 19.3 Å². The van der Waals surface area contributed by atoms with Crippen LogP contribution in [0.25, 0.3) is 16.9 Å². The highest BCUT2D eigenvalue weighted by Crippen LogP contribution is 2.33. The second-order valence-corrected chi connectivity index (χ2v) is 5.31. The van der Waals surface area contributed by atoms with Crippen LogP contribution in [0.2, 0.25) is 0 Å². The second kappa shape index (κ2) is 6.12. The molecule has 2 heterocycles. The van der Waals surface area contributed by atoms with E-state index in [9.17, 15) is 9.90 Å². The summed E-state index contributed by atoms with van der Waals surface area (Å²) in [6.07, 6.45) is 2.27. The molecule has 0 radical (unpaired) electrons. The van der Waals surface area contributed by atoms with Crippen LogP contribution in [0.15, 0.2) is 48.7 Å². The number of hydrogen-bond acceptors (Lipinski definition) is 3. The summed E-state index contributed by atoms with van der Waals surface area (Å²) in [5, 5.41) is 9.63. The van der Waals surface area contributed by atoms with Gasteiger partial charge in [-0.2, -0.15) is 0 Å². The molecule has 0 amide bonds. The number of pyridine rings is 1. The van der Waals surface area contributed by atoms with Gasteiger partial charge in [0.2, 0.25) is 0 Å². The molecule has 0 aliphatic carbocycles. The van der Waals surface area contributed by atoms with Crippen LogP contribution in [0.1, 0.15) is 25.0 Å². The highest BCUT2D eigenvalue weighted by atomic mass is 16.5. The van der Waals surface area contributed by atoms with Gasteiger partial charge in [-0.05, 0) is 18.6 Å². The molecule has 3 aromatic rings. The van der Waals surface area contributed by atoms with Gasteiger partial charge in [0.25, 0.3) is 0 Å². The van der Waals surface area contributed by atoms with Crippen LogP contribution >= 0.6 is 0 Å². The smallest absolute Gasteiger partial charge is 0.312 e. The number of imidazole rings is 1. The third-order valence-electron chi connectivity index (χ3n) is 3.95. The summed E-state index contributed by atoms with van der Waals surface area (Å²) in [6.45, 7) is 1.87. The Kier molecular flexibility index (Phi) is 4.02. The average Bonchev–Trinajstić information content (AvgIpc) is 2.94. The topological polar surface area (TPSA) is 63.8 Å². The van der Waals surface area contributed by atoms with Crippen LogP contribution in [0.4, 0.5) is 0 Å². The first-order valence-corrected chi connectivity index (χ1v) is 7.50. The maximum Gasteiger partial charge on any atom is 0.312 e. The Morgan fingerprint density at radius 1 is 1.26 bits per heavy atom. The molecule has 23 heavy (non-hydrogen) atoms. The highest BCUT2D eigenvalue weighted by molar-refractivity contribution is 5.80. The number of methoxy groups -OCH3 is 1. The molecule has 1 unspecified atom stereocenters. The Morgan fingerprint density at radius 2 is 2.00 bits per heavy atom. The van der Waals surface area contributed by atoms with E-state index in [4.69, 9.17) is 4.74 Å². The van der Waals surface area contributed by atoms with Gasteiger partial charge in [-0.1, -0.05) is 37.3 Å². The molecule has 1 atom stereocenters. The van der Waals surface area contributed by atoms with Crippen molar-refractivity contribution >= 4 is 11.6 Å². The van der Waals surface area contributed by atoms with Crippen molar-refractivity contribution in [1.29, 1.82) is 0 Å². The van der Waals surface area contributed by atoms with Crippen LogP contribution in [-0.4, -0.2) is 27.6 Å². The molecule has 1 N–H and O–H groups in total. The molecule has 5 heteroatoms. The number of carboxylic acids is 1. The molecule has 5 nitrogen and oxygen atoms in total. The zero-order valence-corrected chi connectivity index (χ0v) is 13.1. The SMILES string of the molecule is CCC(C(=O)O)c1c(-c2ccccc2)nc2ccc(OC)cn12. The average molecular weight is 310 g/mol. The lowest BCUT2D eigenvalue weighted by Gasteiger charge is -2.13. The summed E-state index contributed by atoms with van der Waals surface area (Å²) in [6, 6.07) is 13.3. The fraction of sp³-hybridized carbons (Fsp3) is 0.222. The summed E-state index contributed by atoms with van der Waals surface area (Å²) in [7, 11) is 1.59. The lowest BCUT2D eigenvalue weighted by atomic mass is 9.97. The third-order valence-corrected chi connectivity index (χ3v) is 3.95. The lowest BCUT2D eigenvalue weighted by molar-refractivity contribution is -0.138. The van der Waals surface area contributed by atoms with Gasteiger partial charge >= 0.3 is 5.97 Å². The molecule has 2 aromatic heterocycles. The Morgan fingerprint density at radius 3 is 2.61 bits per heavy atom. The van der Waals surface area contributed by atoms with Crippen LogP contribution < -0.4 is 4.74 Å². The molecule has 0 saturated carbocycles. The largest absolute Gasteiger partial charge is 0.495 e. The Bertz CT molecular complexity index is 840. The number of aromatic nitrogens is 2. The number of carbonyl (C=O) groups is 1. The fourth-order valence-corrected chi connectivity index (χ4v) is 2.79. The molecule has 0 spiro atoms. The van der Waals surface area contributed by atoms with E-state index in [-0.39, 0.29) is 0 Å². The zero-order chi connectivity index (χ0) is 16.4. The van der Waals surface area contributed by atoms with E-state index in [1.54, 1.807) is 13.3 Å². The molecule has 1 aromatic carbocycles. The van der Waals surface area contributed by atoms with Crippen molar-refractivity contribution in [3.63, 3.8) is 0 Å². The Labute approximate surface area is 134 Å². The van der Waals surface area contributed by atoms with Gasteiger partial charge in [-0.25, -0.2) is 4.98 Å². The summed E-state index contributed by atoms with van der Waals surface area (Å²) in [5.41, 5.74) is 3.00. The van der Waals surface area contributed by atoms with Crippen molar-refractivity contribution in [2.75, 3.05) is 7.11 Å². The molecule has 0 saturated heterocycles. The molecule has 3 rings (SSSR count). The van der Waals surface area contributed by atoms with Crippen LogP contribution in [0.3, 0.4) is 0 Å². The van der Waals surface area contributed by atoms with Crippen molar-refractivity contribution in [2.24, 2.45) is 0 Å². The maximum atomic E-state index is 11.7. The van der Waals surface area contributed by atoms with E-state index in [1.807, 2.05) is 53.8 Å². The molecule has 0 fully saturated rings. The van der Waals surface area contributed by atoms with Gasteiger partial charge in [-0.3, -0.25) is 9.20 Å². The van der Waals surface area contributed by atoms with Gasteiger partial charge in [0, 0.05) is 5.56 Å². The lowest BCUT2D eigenvalue weighted by Crippen LogP contribution is -2.14. The minimum absolute atomic E-state index is 0.486. The van der Waals surface area contributed by atoms with E-state index in [0.717, 1.165) is 5.56 Å². The first-order chi connectivity index (χ1) is 11.2. The molecule has 0 bridgehead atoms. The van der Waals surface area contributed by atoms with Crippen molar-refractivity contribution in [1.82, 2.24) is 9.38 Å². The van der Waals surface area contributed by atoms with E-state index in [0.29, 0.717) is 29.2 Å². The van der Waals surface area contributed by atoms with E-state index >= 15 is 0 Å². The van der Waals surface area contributed by atoms with Gasteiger partial charge < -0.3 is 9.84 Å². The van der Waals surface area contributed by atoms with Crippen molar-refractivity contribution < 1.29 is 14.6 Å². The Balaban J connectivity index is 2.32. The Hall–Kier alpha value is -2.82. The normalized spacial score (nSPS) is 12.3. The van der Waals surface area contributed by atoms with Crippen molar-refractivity contribution in [3.05, 3.63) is 54.4 Å². The molecule has 118 valence electrons. The first kappa shape index (κ1) is 15.1. The van der Waals surface area contributed by atoms with Crippen LogP contribution in [-0.2, 0) is 4.79 Å². The molecular weight excluding hydrogens is 292 g/mol. The summed E-state index contributed by atoms with van der Waals surface area (Å²) in [5.74, 6) is -0.822. The molecule has 0 aliphatic rings. The monoisotopic (exact) mass is 310 g/mol. The van der Waals surface area contributed by atoms with Gasteiger partial charge in [-0.15, -0.1) is 0 Å². The number of aliphatic carboxylic acids is 1. The van der Waals surface area contributed by atoms with Gasteiger partial charge in [0.1, 0.15) is 11.4 Å². The number of rotatable bonds is 5. The molecular formula is C18H18N2O3. The zero-order valence-electron chi connectivity index (χ0n) is 13.1. The third kappa shape index (κ3) is 2.65. The minimum atomic E-state index is -0.852. The van der Waals surface area contributed by atoms with Gasteiger partial charge in [0.05, 0.1) is 30.6 Å². The number of benzene rings is 1. The predicted molar refractivity (Wildman–Crippen MR) is 87.8 cm³/mol. The highest BCUT2D eigenvalue weighted by Gasteiger charge is 2.26. The summed E-state index contributed by atoms with van der Waals surface area (Å²) in [4.78, 5) is 16.4. The summed E-state index contributed by atoms with van der Waals surface area (Å²) < 4.78 is 7.09. The second-order valence-electron chi connectivity index (χ2n) is 5.31. The fourth-order valence-electron chi connectivity index (χ4n) is 2.79. The van der Waals surface area contributed by atoms with E-state index in [2.05, 4.69) is 4.98 Å². The van der Waals surface area contributed by atoms with Crippen LogP contribution in [0.5, 0.6) is 5.75 Å². The number of fused-ring (bicyclic) bond motifs is 1. The number of nitrogens with zero attached hydrogens (tertiary/aromatic N) is 2. The van der Waals surface area contributed by atoms with E-state index in [1.165, 1.54) is 0 Å². The van der Waals surface area contributed by atoms with Crippen molar-refractivity contribution in [3.8, 4) is 17.0 Å². The number of hydrogen-bond donors (Lipinski definition) is 1. The minimum Gasteiger partial charge on any atom is -0.495 e. The number of carboxylic acid groups (broad SMARTS) is 1. The number of ether oxygens (including phenoxy) is 1. The maximum absolute atomic E-state index is 11.7. The predicted octanol–water partition coefficient (Wildman–Crippen LogP) is 3.59. The standard InChI is InChI=1S/C18H18N2O3/c1-3-14(18(21)22)17-16(12-7-5-4-6-8-12)19-15-10-9-13(23-2)11-20(15)17/h4-11,14H,3H2,1-2H3,(H,21,22). The van der Waals surface area contributed by atoms with E-state index < -0.39 is 11.9 Å².